The summed E-state index contributed by atoms with van der Waals surface area (Å²) in [6, 6.07) is 12.0. The number of benzene rings is 1. The third-order valence-corrected chi connectivity index (χ3v) is 3.70. The predicted molar refractivity (Wildman–Crippen MR) is 74.0 cm³/mol. The molecule has 17 heavy (non-hydrogen) atoms. The van der Waals surface area contributed by atoms with Crippen molar-refractivity contribution in [1.82, 2.24) is 4.90 Å². The van der Waals surface area contributed by atoms with Gasteiger partial charge in [-0.15, -0.1) is 0 Å². The highest BCUT2D eigenvalue weighted by Crippen LogP contribution is 2.27. The summed E-state index contributed by atoms with van der Waals surface area (Å²) >= 11 is 0. The minimum absolute atomic E-state index is 0.526. The van der Waals surface area contributed by atoms with E-state index in [9.17, 15) is 0 Å². The summed E-state index contributed by atoms with van der Waals surface area (Å²) in [5, 5.41) is 0. The van der Waals surface area contributed by atoms with Crippen molar-refractivity contribution in [2.75, 3.05) is 6.54 Å². The molecule has 1 aliphatic rings. The van der Waals surface area contributed by atoms with Crippen LogP contribution in [0, 0.1) is 0 Å². The maximum atomic E-state index is 2.64. The van der Waals surface area contributed by atoms with Crippen molar-refractivity contribution in [1.29, 1.82) is 0 Å². The largest absolute Gasteiger partial charge is 0.290 e. The van der Waals surface area contributed by atoms with Crippen molar-refractivity contribution in [3.05, 3.63) is 48.0 Å². The second-order valence-corrected chi connectivity index (χ2v) is 4.90. The molecule has 1 aliphatic heterocycles. The van der Waals surface area contributed by atoms with Crippen LogP contribution in [0.1, 0.15) is 44.7 Å². The third kappa shape index (κ3) is 2.98. The summed E-state index contributed by atoms with van der Waals surface area (Å²) in [7, 11) is 0. The van der Waals surface area contributed by atoms with Gasteiger partial charge in [0.25, 0.3) is 0 Å². The molecule has 2 atom stereocenters. The Morgan fingerprint density at radius 1 is 1.29 bits per heavy atom. The minimum Gasteiger partial charge on any atom is -0.290 e. The van der Waals surface area contributed by atoms with E-state index in [1.54, 1.807) is 0 Å². The molecule has 1 aromatic rings. The molecular formula is C16H23N. The fraction of sp³-hybridized carbons (Fsp3) is 0.500. The van der Waals surface area contributed by atoms with Crippen LogP contribution in [0.5, 0.6) is 0 Å². The summed E-state index contributed by atoms with van der Waals surface area (Å²) in [4.78, 5) is 2.64. The van der Waals surface area contributed by atoms with Gasteiger partial charge in [-0.3, -0.25) is 4.90 Å². The summed E-state index contributed by atoms with van der Waals surface area (Å²) in [5.74, 6) is 0. The van der Waals surface area contributed by atoms with Crippen molar-refractivity contribution in [3.63, 3.8) is 0 Å². The normalized spacial score (nSPS) is 22.6. The van der Waals surface area contributed by atoms with Crippen LogP contribution in [-0.4, -0.2) is 17.5 Å². The predicted octanol–water partition coefficient (Wildman–Crippen LogP) is 4.18. The Labute approximate surface area is 105 Å². The van der Waals surface area contributed by atoms with E-state index in [4.69, 9.17) is 0 Å². The smallest absolute Gasteiger partial charge is 0.0325 e. The van der Waals surface area contributed by atoms with Gasteiger partial charge >= 0.3 is 0 Å². The zero-order valence-corrected chi connectivity index (χ0v) is 11.0. The lowest BCUT2D eigenvalue weighted by atomic mass is 9.99. The second-order valence-electron chi connectivity index (χ2n) is 4.90. The van der Waals surface area contributed by atoms with E-state index < -0.39 is 0 Å². The van der Waals surface area contributed by atoms with E-state index in [1.165, 1.54) is 31.4 Å². The monoisotopic (exact) mass is 229 g/mol. The maximum absolute atomic E-state index is 2.64. The Kier molecular flexibility index (Phi) is 4.38. The Morgan fingerprint density at radius 3 is 2.76 bits per heavy atom. The molecule has 0 unspecified atom stereocenters. The van der Waals surface area contributed by atoms with Crippen LogP contribution in [0.15, 0.2) is 42.5 Å². The van der Waals surface area contributed by atoms with Gasteiger partial charge in [-0.2, -0.15) is 0 Å². The molecule has 0 aliphatic carbocycles. The molecule has 1 aromatic carbocycles. The molecule has 1 heteroatoms. The second kappa shape index (κ2) is 6.02. The molecule has 0 spiro atoms. The van der Waals surface area contributed by atoms with Crippen LogP contribution in [0.2, 0.25) is 0 Å². The van der Waals surface area contributed by atoms with Crippen molar-refractivity contribution in [2.24, 2.45) is 0 Å². The molecule has 2 rings (SSSR count). The highest BCUT2D eigenvalue weighted by molar-refractivity contribution is 5.19. The number of rotatable bonds is 4. The summed E-state index contributed by atoms with van der Waals surface area (Å²) in [5.41, 5.74) is 1.43. The van der Waals surface area contributed by atoms with Crippen molar-refractivity contribution in [2.45, 2.75) is 45.2 Å². The standard InChI is InChI=1S/C16H23N/c1-3-9-16-12-7-8-13-17(16)14(2)15-10-5-4-6-11-15/h4-7,10-12,14,16H,3,8-9,13H2,1-2H3/t14-,16+/m1/s1. The lowest BCUT2D eigenvalue weighted by Gasteiger charge is -2.37. The first-order chi connectivity index (χ1) is 8.33. The zero-order valence-electron chi connectivity index (χ0n) is 11.0. The van der Waals surface area contributed by atoms with Crippen LogP contribution in [0.25, 0.3) is 0 Å². The summed E-state index contributed by atoms with van der Waals surface area (Å²) < 4.78 is 0. The minimum atomic E-state index is 0.526. The first kappa shape index (κ1) is 12.4. The average Bonchev–Trinajstić information content (AvgIpc) is 2.40. The van der Waals surface area contributed by atoms with Gasteiger partial charge in [-0.05, 0) is 25.3 Å². The molecule has 0 bridgehead atoms. The summed E-state index contributed by atoms with van der Waals surface area (Å²) in [6.07, 6.45) is 8.46. The van der Waals surface area contributed by atoms with Crippen LogP contribution >= 0.6 is 0 Å². The quantitative estimate of drug-likeness (QED) is 0.700. The summed E-state index contributed by atoms with van der Waals surface area (Å²) in [6.45, 7) is 5.79. The van der Waals surface area contributed by atoms with Gasteiger partial charge in [0.05, 0.1) is 0 Å². The van der Waals surface area contributed by atoms with Gasteiger partial charge in [0.2, 0.25) is 0 Å². The van der Waals surface area contributed by atoms with Crippen molar-refractivity contribution in [3.8, 4) is 0 Å². The molecule has 1 heterocycles. The molecule has 1 nitrogen and oxygen atoms in total. The topological polar surface area (TPSA) is 3.24 Å². The third-order valence-electron chi connectivity index (χ3n) is 3.70. The number of nitrogens with zero attached hydrogens (tertiary/aromatic N) is 1. The van der Waals surface area contributed by atoms with Crippen molar-refractivity contribution < 1.29 is 0 Å². The Bertz CT molecular complexity index is 355. The zero-order chi connectivity index (χ0) is 12.1. The molecule has 0 N–H and O–H groups in total. The molecular weight excluding hydrogens is 206 g/mol. The lowest BCUT2D eigenvalue weighted by Crippen LogP contribution is -2.38. The van der Waals surface area contributed by atoms with Crippen molar-refractivity contribution >= 4 is 0 Å². The average molecular weight is 229 g/mol. The van der Waals surface area contributed by atoms with E-state index in [0.717, 1.165) is 0 Å². The van der Waals surface area contributed by atoms with Crippen LogP contribution in [-0.2, 0) is 0 Å². The van der Waals surface area contributed by atoms with E-state index in [1.807, 2.05) is 0 Å². The number of hydrogen-bond donors (Lipinski definition) is 0. The van der Waals surface area contributed by atoms with Gasteiger partial charge in [0.15, 0.2) is 0 Å². The molecule has 0 saturated carbocycles. The molecule has 0 radical (unpaired) electrons. The molecule has 0 fully saturated rings. The molecule has 0 aromatic heterocycles. The SMILES string of the molecule is CCC[C@H]1C=CCCN1[C@H](C)c1ccccc1. The van der Waals surface area contributed by atoms with E-state index >= 15 is 0 Å². The molecule has 92 valence electrons. The van der Waals surface area contributed by atoms with Crippen LogP contribution < -0.4 is 0 Å². The van der Waals surface area contributed by atoms with Gasteiger partial charge in [-0.1, -0.05) is 55.8 Å². The first-order valence-electron chi connectivity index (χ1n) is 6.80. The lowest BCUT2D eigenvalue weighted by molar-refractivity contribution is 0.158. The Morgan fingerprint density at radius 2 is 2.06 bits per heavy atom. The van der Waals surface area contributed by atoms with E-state index in [2.05, 4.69) is 61.2 Å². The highest BCUT2D eigenvalue weighted by atomic mass is 15.2. The van der Waals surface area contributed by atoms with Gasteiger partial charge < -0.3 is 0 Å². The van der Waals surface area contributed by atoms with Gasteiger partial charge in [0.1, 0.15) is 0 Å². The van der Waals surface area contributed by atoms with E-state index in [0.29, 0.717) is 12.1 Å². The Balaban J connectivity index is 2.12. The van der Waals surface area contributed by atoms with Gasteiger partial charge in [-0.25, -0.2) is 0 Å². The first-order valence-corrected chi connectivity index (χ1v) is 6.80. The fourth-order valence-corrected chi connectivity index (χ4v) is 2.71. The van der Waals surface area contributed by atoms with Crippen LogP contribution in [0.3, 0.4) is 0 Å². The van der Waals surface area contributed by atoms with Gasteiger partial charge in [0, 0.05) is 18.6 Å². The Hall–Kier alpha value is -1.08. The van der Waals surface area contributed by atoms with Crippen LogP contribution in [0.4, 0.5) is 0 Å². The highest BCUT2D eigenvalue weighted by Gasteiger charge is 2.23. The number of hydrogen-bond acceptors (Lipinski definition) is 1. The molecule has 0 saturated heterocycles. The molecule has 0 amide bonds. The maximum Gasteiger partial charge on any atom is 0.0325 e. The van der Waals surface area contributed by atoms with E-state index in [-0.39, 0.29) is 0 Å². The fourth-order valence-electron chi connectivity index (χ4n) is 2.71.